The van der Waals surface area contributed by atoms with Gasteiger partial charge in [0.25, 0.3) is 0 Å². The molecule has 0 saturated carbocycles. The second-order valence-electron chi connectivity index (χ2n) is 5.28. The molecule has 0 spiro atoms. The van der Waals surface area contributed by atoms with Gasteiger partial charge in [0.15, 0.2) is 0 Å². The maximum atomic E-state index is 3.40. The number of hydrogen-bond donors (Lipinski definition) is 1. The Bertz CT molecular complexity index is 207. The third-order valence-electron chi connectivity index (χ3n) is 4.32. The van der Waals surface area contributed by atoms with Crippen LogP contribution in [0.4, 0.5) is 0 Å². The van der Waals surface area contributed by atoms with Crippen LogP contribution in [0, 0.1) is 0 Å². The predicted octanol–water partition coefficient (Wildman–Crippen LogP) is 0.763. The standard InChI is InChI=1S/C12H25N3/c1-10-8-12(5-6-14(10)3)15-7-4-11(9-15)13-2/h10-13H,4-9H2,1-3H3. The van der Waals surface area contributed by atoms with Gasteiger partial charge in [-0.05, 0) is 46.8 Å². The third-order valence-corrected chi connectivity index (χ3v) is 4.32. The van der Waals surface area contributed by atoms with Gasteiger partial charge in [0.1, 0.15) is 0 Å². The van der Waals surface area contributed by atoms with Crippen LogP contribution in [0.25, 0.3) is 0 Å². The summed E-state index contributed by atoms with van der Waals surface area (Å²) in [7, 11) is 4.34. The first kappa shape index (κ1) is 11.4. The van der Waals surface area contributed by atoms with E-state index in [-0.39, 0.29) is 0 Å². The average molecular weight is 211 g/mol. The number of nitrogens with zero attached hydrogens (tertiary/aromatic N) is 2. The van der Waals surface area contributed by atoms with E-state index in [9.17, 15) is 0 Å². The van der Waals surface area contributed by atoms with Crippen molar-refractivity contribution >= 4 is 0 Å². The molecule has 3 nitrogen and oxygen atoms in total. The minimum absolute atomic E-state index is 0.736. The molecule has 2 rings (SSSR count). The fourth-order valence-corrected chi connectivity index (χ4v) is 2.95. The van der Waals surface area contributed by atoms with Crippen molar-refractivity contribution in [2.45, 2.75) is 44.3 Å². The number of likely N-dealkylation sites (N-methyl/N-ethyl adjacent to an activating group) is 1. The molecule has 15 heavy (non-hydrogen) atoms. The number of rotatable bonds is 2. The Labute approximate surface area is 93.8 Å². The van der Waals surface area contributed by atoms with Crippen LogP contribution in [0.3, 0.4) is 0 Å². The van der Waals surface area contributed by atoms with Crippen molar-refractivity contribution in [1.82, 2.24) is 15.1 Å². The molecule has 0 aromatic heterocycles. The van der Waals surface area contributed by atoms with Crippen molar-refractivity contribution in [2.75, 3.05) is 33.7 Å². The molecule has 2 saturated heterocycles. The topological polar surface area (TPSA) is 18.5 Å². The zero-order valence-corrected chi connectivity index (χ0v) is 10.4. The predicted molar refractivity (Wildman–Crippen MR) is 64.2 cm³/mol. The van der Waals surface area contributed by atoms with Crippen LogP contribution in [-0.4, -0.2) is 61.7 Å². The molecular formula is C12H25N3. The molecule has 3 atom stereocenters. The summed E-state index contributed by atoms with van der Waals surface area (Å²) in [5.74, 6) is 0. The van der Waals surface area contributed by atoms with Gasteiger partial charge in [0.05, 0.1) is 0 Å². The molecule has 0 bridgehead atoms. The van der Waals surface area contributed by atoms with Crippen molar-refractivity contribution in [3.8, 4) is 0 Å². The van der Waals surface area contributed by atoms with Crippen molar-refractivity contribution < 1.29 is 0 Å². The van der Waals surface area contributed by atoms with Crippen LogP contribution in [0.2, 0.25) is 0 Å². The molecule has 88 valence electrons. The Kier molecular flexibility index (Phi) is 3.65. The maximum absolute atomic E-state index is 3.40. The Balaban J connectivity index is 1.84. The Morgan fingerprint density at radius 3 is 2.60 bits per heavy atom. The average Bonchev–Trinajstić information content (AvgIpc) is 2.70. The van der Waals surface area contributed by atoms with E-state index in [1.165, 1.54) is 38.9 Å². The fourth-order valence-electron chi connectivity index (χ4n) is 2.95. The molecule has 0 amide bonds. The first-order valence-electron chi connectivity index (χ1n) is 6.32. The smallest absolute Gasteiger partial charge is 0.0204 e. The maximum Gasteiger partial charge on any atom is 0.0204 e. The van der Waals surface area contributed by atoms with Gasteiger partial charge in [-0.15, -0.1) is 0 Å². The van der Waals surface area contributed by atoms with Crippen LogP contribution in [0.15, 0.2) is 0 Å². The van der Waals surface area contributed by atoms with Gasteiger partial charge in [0.2, 0.25) is 0 Å². The summed E-state index contributed by atoms with van der Waals surface area (Å²) in [6, 6.07) is 2.34. The van der Waals surface area contributed by atoms with E-state index in [4.69, 9.17) is 0 Å². The summed E-state index contributed by atoms with van der Waals surface area (Å²) in [5, 5.41) is 3.40. The Morgan fingerprint density at radius 2 is 2.00 bits per heavy atom. The zero-order chi connectivity index (χ0) is 10.8. The van der Waals surface area contributed by atoms with E-state index >= 15 is 0 Å². The molecule has 2 aliphatic rings. The second kappa shape index (κ2) is 4.81. The van der Waals surface area contributed by atoms with Gasteiger partial charge in [-0.25, -0.2) is 0 Å². The highest BCUT2D eigenvalue weighted by Crippen LogP contribution is 2.23. The molecule has 0 radical (unpaired) electrons. The zero-order valence-electron chi connectivity index (χ0n) is 10.4. The van der Waals surface area contributed by atoms with Crippen LogP contribution in [0.1, 0.15) is 26.2 Å². The summed E-state index contributed by atoms with van der Waals surface area (Å²) < 4.78 is 0. The number of nitrogens with one attached hydrogen (secondary N) is 1. The van der Waals surface area contributed by atoms with Crippen LogP contribution in [-0.2, 0) is 0 Å². The van der Waals surface area contributed by atoms with E-state index in [0.717, 1.165) is 18.1 Å². The lowest BCUT2D eigenvalue weighted by Crippen LogP contribution is -2.47. The SMILES string of the molecule is CNC1CCN(C2CCN(C)C(C)C2)C1. The van der Waals surface area contributed by atoms with Crippen LogP contribution >= 0.6 is 0 Å². The van der Waals surface area contributed by atoms with Gasteiger partial charge >= 0.3 is 0 Å². The van der Waals surface area contributed by atoms with Gasteiger partial charge in [-0.2, -0.15) is 0 Å². The van der Waals surface area contributed by atoms with Gasteiger partial charge in [-0.1, -0.05) is 0 Å². The van der Waals surface area contributed by atoms with Gasteiger partial charge in [-0.3, -0.25) is 4.90 Å². The molecule has 1 N–H and O–H groups in total. The first-order valence-corrected chi connectivity index (χ1v) is 6.32. The van der Waals surface area contributed by atoms with Crippen LogP contribution in [0.5, 0.6) is 0 Å². The largest absolute Gasteiger partial charge is 0.316 e. The highest BCUT2D eigenvalue weighted by molar-refractivity contribution is 4.89. The number of likely N-dealkylation sites (tertiary alicyclic amines) is 2. The van der Waals surface area contributed by atoms with E-state index in [2.05, 4.69) is 36.1 Å². The summed E-state index contributed by atoms with van der Waals surface area (Å²) in [4.78, 5) is 5.19. The van der Waals surface area contributed by atoms with Crippen LogP contribution < -0.4 is 5.32 Å². The fraction of sp³-hybridized carbons (Fsp3) is 1.00. The third kappa shape index (κ3) is 2.52. The number of piperidine rings is 1. The Hall–Kier alpha value is -0.120. The van der Waals surface area contributed by atoms with E-state index < -0.39 is 0 Å². The first-order chi connectivity index (χ1) is 7.20. The molecule has 2 fully saturated rings. The molecule has 3 heteroatoms. The molecule has 3 unspecified atom stereocenters. The minimum atomic E-state index is 0.736. The molecule has 2 aliphatic heterocycles. The monoisotopic (exact) mass is 211 g/mol. The molecular weight excluding hydrogens is 186 g/mol. The second-order valence-corrected chi connectivity index (χ2v) is 5.28. The molecule has 2 heterocycles. The lowest BCUT2D eigenvalue weighted by atomic mass is 9.98. The quantitative estimate of drug-likeness (QED) is 0.727. The Morgan fingerprint density at radius 1 is 1.20 bits per heavy atom. The highest BCUT2D eigenvalue weighted by Gasteiger charge is 2.31. The molecule has 0 aromatic rings. The normalized spacial score (nSPS) is 39.8. The minimum Gasteiger partial charge on any atom is -0.316 e. The van der Waals surface area contributed by atoms with Gasteiger partial charge in [0, 0.05) is 31.2 Å². The summed E-state index contributed by atoms with van der Waals surface area (Å²) in [6.07, 6.45) is 4.04. The summed E-state index contributed by atoms with van der Waals surface area (Å²) in [5.41, 5.74) is 0. The lowest BCUT2D eigenvalue weighted by Gasteiger charge is -2.39. The van der Waals surface area contributed by atoms with E-state index in [0.29, 0.717) is 0 Å². The molecule has 0 aromatic carbocycles. The number of hydrogen-bond acceptors (Lipinski definition) is 3. The molecule has 0 aliphatic carbocycles. The van der Waals surface area contributed by atoms with Crippen molar-refractivity contribution in [1.29, 1.82) is 0 Å². The lowest BCUT2D eigenvalue weighted by molar-refractivity contribution is 0.102. The van der Waals surface area contributed by atoms with E-state index in [1.54, 1.807) is 0 Å². The highest BCUT2D eigenvalue weighted by atomic mass is 15.2. The van der Waals surface area contributed by atoms with Crippen molar-refractivity contribution in [3.05, 3.63) is 0 Å². The van der Waals surface area contributed by atoms with Crippen molar-refractivity contribution in [3.63, 3.8) is 0 Å². The van der Waals surface area contributed by atoms with Crippen molar-refractivity contribution in [2.24, 2.45) is 0 Å². The summed E-state index contributed by atoms with van der Waals surface area (Å²) in [6.45, 7) is 6.19. The van der Waals surface area contributed by atoms with Gasteiger partial charge < -0.3 is 10.2 Å². The summed E-state index contributed by atoms with van der Waals surface area (Å²) >= 11 is 0. The van der Waals surface area contributed by atoms with E-state index in [1.807, 2.05) is 0 Å².